The number of carbonyl (C=O) groups is 2. The molecule has 6 nitrogen and oxygen atoms in total. The van der Waals surface area contributed by atoms with E-state index in [1.54, 1.807) is 6.07 Å². The van der Waals surface area contributed by atoms with Crippen molar-refractivity contribution < 1.29 is 18.0 Å². The molecule has 0 bridgehead atoms. The molecule has 0 aliphatic heterocycles. The zero-order chi connectivity index (χ0) is 21.7. The summed E-state index contributed by atoms with van der Waals surface area (Å²) in [5, 5.41) is 3.48. The molecule has 9 heteroatoms. The molecule has 0 spiro atoms. The molecule has 0 saturated heterocycles. The molecule has 3 rings (SSSR count). The Morgan fingerprint density at radius 1 is 1.03 bits per heavy atom. The Balaban J connectivity index is 1.64. The predicted molar refractivity (Wildman–Crippen MR) is 120 cm³/mol. The number of nitrogens with one attached hydrogen (secondary N) is 1. The minimum absolute atomic E-state index is 0.0103. The highest BCUT2D eigenvalue weighted by Gasteiger charge is 2.18. The van der Waals surface area contributed by atoms with Crippen molar-refractivity contribution in [3.63, 3.8) is 0 Å². The van der Waals surface area contributed by atoms with Crippen molar-refractivity contribution in [3.8, 4) is 10.4 Å². The van der Waals surface area contributed by atoms with Gasteiger partial charge in [-0.15, -0.1) is 11.3 Å². The first-order valence-corrected chi connectivity index (χ1v) is 11.9. The maximum Gasteiger partial charge on any atom is 0.251 e. The molecule has 0 atom stereocenters. The highest BCUT2D eigenvalue weighted by molar-refractivity contribution is 7.91. The molecule has 0 aliphatic carbocycles. The minimum Gasteiger partial charge on any atom is -0.366 e. The van der Waals surface area contributed by atoms with Gasteiger partial charge in [-0.1, -0.05) is 41.9 Å². The summed E-state index contributed by atoms with van der Waals surface area (Å²) in [7, 11) is -3.51. The van der Waals surface area contributed by atoms with Crippen molar-refractivity contribution in [2.45, 2.75) is 17.7 Å². The van der Waals surface area contributed by atoms with Crippen LogP contribution in [0.1, 0.15) is 23.2 Å². The number of halogens is 1. The van der Waals surface area contributed by atoms with Crippen molar-refractivity contribution >= 4 is 49.6 Å². The van der Waals surface area contributed by atoms with Gasteiger partial charge in [0.2, 0.25) is 5.91 Å². The molecule has 0 saturated carbocycles. The summed E-state index contributed by atoms with van der Waals surface area (Å²) >= 11 is 7.02. The molecule has 3 N–H and O–H groups in total. The van der Waals surface area contributed by atoms with Gasteiger partial charge in [0.15, 0.2) is 9.84 Å². The molecule has 30 heavy (non-hydrogen) atoms. The molecule has 0 unspecified atom stereocenters. The Kier molecular flexibility index (Phi) is 6.91. The first-order chi connectivity index (χ1) is 14.3. The van der Waals surface area contributed by atoms with E-state index in [2.05, 4.69) is 5.32 Å². The standard InChI is InChI=1S/C21H19ClN2O4S2/c22-15-8-10-16(11-9-15)30(27,28)12-4-7-19(25)24-21-17(20(23)26)13-18(29-21)14-5-2-1-3-6-14/h1-3,5-6,8-11,13H,4,7,12H2,(H2,23,26)(H,24,25). The first kappa shape index (κ1) is 22.0. The van der Waals surface area contributed by atoms with Crippen LogP contribution >= 0.6 is 22.9 Å². The van der Waals surface area contributed by atoms with E-state index >= 15 is 0 Å². The number of hydrogen-bond donors (Lipinski definition) is 2. The van der Waals surface area contributed by atoms with Gasteiger partial charge in [0.25, 0.3) is 5.91 Å². The second-order valence-electron chi connectivity index (χ2n) is 6.51. The van der Waals surface area contributed by atoms with E-state index in [0.717, 1.165) is 10.4 Å². The highest BCUT2D eigenvalue weighted by Crippen LogP contribution is 2.35. The van der Waals surface area contributed by atoms with Gasteiger partial charge in [-0.3, -0.25) is 9.59 Å². The molecular weight excluding hydrogens is 444 g/mol. The Hall–Kier alpha value is -2.68. The molecule has 1 heterocycles. The Labute approximate surface area is 183 Å². The van der Waals surface area contributed by atoms with E-state index in [0.29, 0.717) is 10.0 Å². The second-order valence-corrected chi connectivity index (χ2v) is 10.1. The summed E-state index contributed by atoms with van der Waals surface area (Å²) in [5.74, 6) is -1.20. The number of sulfone groups is 1. The molecule has 2 amide bonds. The molecule has 1 aromatic heterocycles. The molecule has 0 radical (unpaired) electrons. The third kappa shape index (κ3) is 5.47. The van der Waals surface area contributed by atoms with Crippen LogP contribution in [0.5, 0.6) is 0 Å². The molecule has 156 valence electrons. The summed E-state index contributed by atoms with van der Waals surface area (Å²) < 4.78 is 24.7. The first-order valence-electron chi connectivity index (χ1n) is 9.03. The van der Waals surface area contributed by atoms with Gasteiger partial charge in [0, 0.05) is 16.3 Å². The lowest BCUT2D eigenvalue weighted by atomic mass is 10.1. The number of rotatable bonds is 8. The maximum absolute atomic E-state index is 12.4. The molecule has 0 fully saturated rings. The third-order valence-corrected chi connectivity index (χ3v) is 7.47. The Morgan fingerprint density at radius 2 is 1.70 bits per heavy atom. The molecule has 3 aromatic rings. The summed E-state index contributed by atoms with van der Waals surface area (Å²) in [4.78, 5) is 25.1. The number of amides is 2. The highest BCUT2D eigenvalue weighted by atomic mass is 35.5. The van der Waals surface area contributed by atoms with Gasteiger partial charge in [-0.2, -0.15) is 0 Å². The number of hydrogen-bond acceptors (Lipinski definition) is 5. The van der Waals surface area contributed by atoms with Crippen molar-refractivity contribution in [1.82, 2.24) is 0 Å². The van der Waals surface area contributed by atoms with Crippen LogP contribution < -0.4 is 11.1 Å². The van der Waals surface area contributed by atoms with Gasteiger partial charge < -0.3 is 11.1 Å². The topological polar surface area (TPSA) is 106 Å². The van der Waals surface area contributed by atoms with Crippen molar-refractivity contribution in [1.29, 1.82) is 0 Å². The Morgan fingerprint density at radius 3 is 2.33 bits per heavy atom. The average Bonchev–Trinajstić information content (AvgIpc) is 3.13. The lowest BCUT2D eigenvalue weighted by Gasteiger charge is -2.06. The van der Waals surface area contributed by atoms with Gasteiger partial charge in [-0.05, 0) is 42.3 Å². The van der Waals surface area contributed by atoms with Gasteiger partial charge in [0.1, 0.15) is 5.00 Å². The molecule has 0 aliphatic rings. The van der Waals surface area contributed by atoms with Crippen LogP contribution in [0, 0.1) is 0 Å². The minimum atomic E-state index is -3.51. The smallest absolute Gasteiger partial charge is 0.251 e. The van der Waals surface area contributed by atoms with Gasteiger partial charge in [0.05, 0.1) is 16.2 Å². The van der Waals surface area contributed by atoms with Crippen molar-refractivity contribution in [2.75, 3.05) is 11.1 Å². The van der Waals surface area contributed by atoms with E-state index in [4.69, 9.17) is 17.3 Å². The number of anilines is 1. The monoisotopic (exact) mass is 462 g/mol. The van der Waals surface area contributed by atoms with Crippen LogP contribution in [0.2, 0.25) is 5.02 Å². The summed E-state index contributed by atoms with van der Waals surface area (Å²) in [5.41, 5.74) is 6.57. The zero-order valence-corrected chi connectivity index (χ0v) is 18.2. The van der Waals surface area contributed by atoms with Crippen LogP contribution in [0.25, 0.3) is 10.4 Å². The summed E-state index contributed by atoms with van der Waals surface area (Å²) in [6.45, 7) is 0. The fraction of sp³-hybridized carbons (Fsp3) is 0.143. The van der Waals surface area contributed by atoms with Crippen LogP contribution in [-0.2, 0) is 14.6 Å². The molecular formula is C21H19ClN2O4S2. The van der Waals surface area contributed by atoms with Crippen molar-refractivity contribution in [2.24, 2.45) is 5.73 Å². The number of primary amides is 1. The van der Waals surface area contributed by atoms with Crippen LogP contribution in [0.4, 0.5) is 5.00 Å². The zero-order valence-electron chi connectivity index (χ0n) is 15.8. The number of carbonyl (C=O) groups excluding carboxylic acids is 2. The average molecular weight is 463 g/mol. The van der Waals surface area contributed by atoms with Crippen LogP contribution in [-0.4, -0.2) is 26.0 Å². The lowest BCUT2D eigenvalue weighted by Crippen LogP contribution is -2.17. The van der Waals surface area contributed by atoms with Crippen LogP contribution in [0.3, 0.4) is 0 Å². The van der Waals surface area contributed by atoms with Crippen LogP contribution in [0.15, 0.2) is 65.6 Å². The van der Waals surface area contributed by atoms with E-state index in [-0.39, 0.29) is 35.0 Å². The fourth-order valence-electron chi connectivity index (χ4n) is 2.78. The van der Waals surface area contributed by atoms with E-state index in [1.165, 1.54) is 35.6 Å². The number of thiophene rings is 1. The number of benzene rings is 2. The maximum atomic E-state index is 12.4. The van der Waals surface area contributed by atoms with E-state index in [1.807, 2.05) is 30.3 Å². The Bertz CT molecular complexity index is 1160. The third-order valence-electron chi connectivity index (χ3n) is 4.30. The summed E-state index contributed by atoms with van der Waals surface area (Å²) in [6, 6.07) is 16.9. The molecule has 2 aromatic carbocycles. The summed E-state index contributed by atoms with van der Waals surface area (Å²) in [6.07, 6.45) is 0.128. The van der Waals surface area contributed by atoms with Gasteiger partial charge in [-0.25, -0.2) is 8.42 Å². The number of nitrogens with two attached hydrogens (primary N) is 1. The quantitative estimate of drug-likeness (QED) is 0.518. The van der Waals surface area contributed by atoms with Crippen molar-refractivity contribution in [3.05, 3.63) is 71.2 Å². The van der Waals surface area contributed by atoms with E-state index in [9.17, 15) is 18.0 Å². The predicted octanol–water partition coefficient (Wildman–Crippen LogP) is 4.36. The van der Waals surface area contributed by atoms with Gasteiger partial charge >= 0.3 is 0 Å². The lowest BCUT2D eigenvalue weighted by molar-refractivity contribution is -0.116. The second kappa shape index (κ2) is 9.42. The largest absolute Gasteiger partial charge is 0.366 e. The SMILES string of the molecule is NC(=O)c1cc(-c2ccccc2)sc1NC(=O)CCCS(=O)(=O)c1ccc(Cl)cc1. The normalized spacial score (nSPS) is 11.2. The fourth-order valence-corrected chi connectivity index (χ4v) is 5.31. The van der Waals surface area contributed by atoms with E-state index < -0.39 is 15.7 Å².